The molecule has 0 fully saturated rings. The van der Waals surface area contributed by atoms with E-state index in [0.29, 0.717) is 11.1 Å². The van der Waals surface area contributed by atoms with E-state index >= 15 is 0 Å². The van der Waals surface area contributed by atoms with Crippen molar-refractivity contribution in [3.63, 3.8) is 0 Å². The lowest BCUT2D eigenvalue weighted by Gasteiger charge is -2.14. The molecule has 0 radical (unpaired) electrons. The topological polar surface area (TPSA) is 43.4 Å². The Morgan fingerprint density at radius 2 is 2.13 bits per heavy atom. The van der Waals surface area contributed by atoms with Crippen molar-refractivity contribution in [2.45, 2.75) is 13.0 Å². The summed E-state index contributed by atoms with van der Waals surface area (Å²) in [6, 6.07) is 6.94. The molecule has 1 unspecified atom stereocenters. The van der Waals surface area contributed by atoms with Crippen LogP contribution in [-0.2, 0) is 9.53 Å². The molecule has 0 amide bonds. The monoisotopic (exact) mass is 204 g/mol. The van der Waals surface area contributed by atoms with Gasteiger partial charge < -0.3 is 4.74 Å². The van der Waals surface area contributed by atoms with Crippen LogP contribution < -0.4 is 0 Å². The highest BCUT2D eigenvalue weighted by molar-refractivity contribution is 5.78. The Balaban J connectivity index is 3.05. The zero-order valence-corrected chi connectivity index (χ0v) is 8.47. The highest BCUT2D eigenvalue weighted by atomic mass is 16.5. The first-order valence-corrected chi connectivity index (χ1v) is 4.53. The lowest BCUT2D eigenvalue weighted by molar-refractivity contribution is -0.144. The standard InChI is InChI=1S/C12H12O3/c1-3-12(15-9(2)14)11-7-5-4-6-10(11)8-13/h3-8,12H,1H2,2H3. The lowest BCUT2D eigenvalue weighted by atomic mass is 10.0. The summed E-state index contributed by atoms with van der Waals surface area (Å²) in [5.74, 6) is -0.402. The average molecular weight is 204 g/mol. The quantitative estimate of drug-likeness (QED) is 0.429. The van der Waals surface area contributed by atoms with Crippen molar-refractivity contribution < 1.29 is 14.3 Å². The fourth-order valence-electron chi connectivity index (χ4n) is 1.29. The number of ether oxygens (including phenoxy) is 1. The number of rotatable bonds is 4. The number of esters is 1. The summed E-state index contributed by atoms with van der Waals surface area (Å²) in [5.41, 5.74) is 1.15. The molecule has 0 aliphatic carbocycles. The van der Waals surface area contributed by atoms with Crippen LogP contribution in [0, 0.1) is 0 Å². The summed E-state index contributed by atoms with van der Waals surface area (Å²) < 4.78 is 5.01. The molecule has 0 bridgehead atoms. The van der Waals surface area contributed by atoms with Crippen molar-refractivity contribution >= 4 is 12.3 Å². The minimum atomic E-state index is -0.566. The number of aldehydes is 1. The maximum absolute atomic E-state index is 10.8. The first-order chi connectivity index (χ1) is 7.19. The summed E-state index contributed by atoms with van der Waals surface area (Å²) in [6.45, 7) is 4.89. The number of hydrogen-bond donors (Lipinski definition) is 0. The van der Waals surface area contributed by atoms with E-state index in [1.807, 2.05) is 0 Å². The van der Waals surface area contributed by atoms with Crippen LogP contribution in [0.4, 0.5) is 0 Å². The van der Waals surface area contributed by atoms with Gasteiger partial charge in [0.15, 0.2) is 0 Å². The van der Waals surface area contributed by atoms with E-state index in [9.17, 15) is 9.59 Å². The normalized spacial score (nSPS) is 11.5. The van der Waals surface area contributed by atoms with Gasteiger partial charge in [-0.05, 0) is 6.08 Å². The van der Waals surface area contributed by atoms with E-state index in [0.717, 1.165) is 6.29 Å². The Labute approximate surface area is 88.4 Å². The summed E-state index contributed by atoms with van der Waals surface area (Å²) >= 11 is 0. The molecule has 0 saturated heterocycles. The largest absolute Gasteiger partial charge is 0.453 e. The molecule has 1 rings (SSSR count). The Bertz CT molecular complexity index is 382. The average Bonchev–Trinajstić information content (AvgIpc) is 2.25. The Kier molecular flexibility index (Phi) is 3.80. The molecule has 0 heterocycles. The van der Waals surface area contributed by atoms with Gasteiger partial charge in [-0.2, -0.15) is 0 Å². The number of carbonyl (C=O) groups excluding carboxylic acids is 2. The van der Waals surface area contributed by atoms with Crippen LogP contribution in [0.15, 0.2) is 36.9 Å². The van der Waals surface area contributed by atoms with Gasteiger partial charge in [-0.15, -0.1) is 0 Å². The third-order valence-electron chi connectivity index (χ3n) is 1.94. The Morgan fingerprint density at radius 3 is 2.67 bits per heavy atom. The van der Waals surface area contributed by atoms with Crippen molar-refractivity contribution in [1.29, 1.82) is 0 Å². The second-order valence-electron chi connectivity index (χ2n) is 3.01. The van der Waals surface area contributed by atoms with E-state index in [2.05, 4.69) is 6.58 Å². The van der Waals surface area contributed by atoms with E-state index < -0.39 is 12.1 Å². The zero-order valence-electron chi connectivity index (χ0n) is 8.47. The Morgan fingerprint density at radius 1 is 1.47 bits per heavy atom. The molecule has 3 nitrogen and oxygen atoms in total. The molecule has 0 N–H and O–H groups in total. The molecule has 0 spiro atoms. The summed E-state index contributed by atoms with van der Waals surface area (Å²) in [7, 11) is 0. The van der Waals surface area contributed by atoms with Gasteiger partial charge >= 0.3 is 5.97 Å². The maximum atomic E-state index is 10.8. The maximum Gasteiger partial charge on any atom is 0.303 e. The zero-order chi connectivity index (χ0) is 11.3. The molecule has 0 aliphatic heterocycles. The van der Waals surface area contributed by atoms with Crippen LogP contribution in [0.25, 0.3) is 0 Å². The van der Waals surface area contributed by atoms with E-state index in [-0.39, 0.29) is 0 Å². The molecule has 3 heteroatoms. The summed E-state index contributed by atoms with van der Waals surface area (Å²) in [6.07, 6.45) is 1.66. The van der Waals surface area contributed by atoms with Gasteiger partial charge in [0, 0.05) is 18.1 Å². The molecule has 15 heavy (non-hydrogen) atoms. The molecule has 1 aromatic rings. The minimum Gasteiger partial charge on any atom is -0.453 e. The molecular weight excluding hydrogens is 192 g/mol. The number of carbonyl (C=O) groups is 2. The van der Waals surface area contributed by atoms with Crippen LogP contribution in [0.5, 0.6) is 0 Å². The minimum absolute atomic E-state index is 0.402. The van der Waals surface area contributed by atoms with Crippen molar-refractivity contribution in [3.8, 4) is 0 Å². The third kappa shape index (κ3) is 2.77. The fraction of sp³-hybridized carbons (Fsp3) is 0.167. The van der Waals surface area contributed by atoms with Crippen LogP contribution in [-0.4, -0.2) is 12.3 Å². The molecule has 78 valence electrons. The second-order valence-corrected chi connectivity index (χ2v) is 3.01. The molecule has 0 aliphatic rings. The molecule has 0 saturated carbocycles. The van der Waals surface area contributed by atoms with E-state index in [1.54, 1.807) is 24.3 Å². The van der Waals surface area contributed by atoms with Gasteiger partial charge in [-0.1, -0.05) is 30.8 Å². The van der Waals surface area contributed by atoms with Gasteiger partial charge in [-0.25, -0.2) is 0 Å². The first kappa shape index (κ1) is 11.2. The molecular formula is C12H12O3. The van der Waals surface area contributed by atoms with E-state index in [4.69, 9.17) is 4.74 Å². The molecule has 0 aromatic heterocycles. The van der Waals surface area contributed by atoms with Crippen molar-refractivity contribution in [1.82, 2.24) is 0 Å². The highest BCUT2D eigenvalue weighted by Gasteiger charge is 2.13. The summed E-state index contributed by atoms with van der Waals surface area (Å²) in [4.78, 5) is 21.6. The molecule has 1 atom stereocenters. The Hall–Kier alpha value is -1.90. The first-order valence-electron chi connectivity index (χ1n) is 4.53. The predicted molar refractivity (Wildman–Crippen MR) is 56.5 cm³/mol. The van der Waals surface area contributed by atoms with Crippen molar-refractivity contribution in [3.05, 3.63) is 48.0 Å². The van der Waals surface area contributed by atoms with Gasteiger partial charge in [0.2, 0.25) is 0 Å². The molecule has 1 aromatic carbocycles. The second kappa shape index (κ2) is 5.10. The lowest BCUT2D eigenvalue weighted by Crippen LogP contribution is -2.08. The smallest absolute Gasteiger partial charge is 0.303 e. The van der Waals surface area contributed by atoms with Gasteiger partial charge in [0.1, 0.15) is 12.4 Å². The van der Waals surface area contributed by atoms with E-state index in [1.165, 1.54) is 13.0 Å². The predicted octanol–water partition coefficient (Wildman–Crippen LogP) is 2.29. The van der Waals surface area contributed by atoms with Gasteiger partial charge in [0.05, 0.1) is 0 Å². The van der Waals surface area contributed by atoms with Crippen LogP contribution in [0.3, 0.4) is 0 Å². The van der Waals surface area contributed by atoms with Gasteiger partial charge in [-0.3, -0.25) is 9.59 Å². The van der Waals surface area contributed by atoms with Crippen LogP contribution in [0.2, 0.25) is 0 Å². The summed E-state index contributed by atoms with van der Waals surface area (Å²) in [5, 5.41) is 0. The van der Waals surface area contributed by atoms with Crippen molar-refractivity contribution in [2.24, 2.45) is 0 Å². The van der Waals surface area contributed by atoms with Crippen molar-refractivity contribution in [2.75, 3.05) is 0 Å². The third-order valence-corrected chi connectivity index (χ3v) is 1.94. The van der Waals surface area contributed by atoms with Crippen LogP contribution in [0.1, 0.15) is 28.9 Å². The van der Waals surface area contributed by atoms with Crippen LogP contribution >= 0.6 is 0 Å². The highest BCUT2D eigenvalue weighted by Crippen LogP contribution is 2.21. The van der Waals surface area contributed by atoms with Gasteiger partial charge in [0.25, 0.3) is 0 Å². The number of hydrogen-bond acceptors (Lipinski definition) is 3. The number of benzene rings is 1. The fourth-order valence-corrected chi connectivity index (χ4v) is 1.29. The SMILES string of the molecule is C=CC(OC(C)=O)c1ccccc1C=O.